The monoisotopic (exact) mass is 259 g/mol. The summed E-state index contributed by atoms with van der Waals surface area (Å²) in [7, 11) is 0. The van der Waals surface area contributed by atoms with E-state index >= 15 is 0 Å². The molecule has 1 aromatic heterocycles. The van der Waals surface area contributed by atoms with Gasteiger partial charge in [0.2, 0.25) is 0 Å². The normalized spacial score (nSPS) is 14.1. The molecule has 0 saturated carbocycles. The molecule has 0 bridgehead atoms. The maximum atomic E-state index is 6.17. The van der Waals surface area contributed by atoms with Crippen molar-refractivity contribution >= 4 is 0 Å². The van der Waals surface area contributed by atoms with E-state index in [-0.39, 0.29) is 12.1 Å². The lowest BCUT2D eigenvalue weighted by molar-refractivity contribution is 0.142. The van der Waals surface area contributed by atoms with Gasteiger partial charge in [-0.25, -0.2) is 0 Å². The molecule has 1 aromatic carbocycles. The third-order valence-electron chi connectivity index (χ3n) is 3.25. The van der Waals surface area contributed by atoms with Gasteiger partial charge in [-0.3, -0.25) is 0 Å². The maximum absolute atomic E-state index is 6.17. The minimum atomic E-state index is -0.250. The second kappa shape index (κ2) is 5.93. The van der Waals surface area contributed by atoms with Gasteiger partial charge in [0.15, 0.2) is 6.10 Å². The Balaban J connectivity index is 2.27. The highest BCUT2D eigenvalue weighted by Gasteiger charge is 2.24. The van der Waals surface area contributed by atoms with E-state index in [2.05, 4.69) is 6.92 Å². The highest BCUT2D eigenvalue weighted by molar-refractivity contribution is 5.32. The highest BCUT2D eigenvalue weighted by Crippen LogP contribution is 2.28. The summed E-state index contributed by atoms with van der Waals surface area (Å²) in [6.07, 6.45) is 0.579. The third-order valence-corrected chi connectivity index (χ3v) is 3.25. The van der Waals surface area contributed by atoms with Gasteiger partial charge in [0.05, 0.1) is 0 Å². The van der Waals surface area contributed by atoms with Crippen LogP contribution in [0.25, 0.3) is 0 Å². The number of hydrogen-bond donors (Lipinski definition) is 1. The number of furan rings is 1. The van der Waals surface area contributed by atoms with Gasteiger partial charge in [0.1, 0.15) is 17.3 Å². The molecule has 0 aliphatic rings. The van der Waals surface area contributed by atoms with Gasteiger partial charge < -0.3 is 14.9 Å². The number of para-hydroxylation sites is 1. The van der Waals surface area contributed by atoms with Gasteiger partial charge >= 0.3 is 0 Å². The van der Waals surface area contributed by atoms with Crippen LogP contribution < -0.4 is 10.5 Å². The van der Waals surface area contributed by atoms with Crippen LogP contribution in [0.4, 0.5) is 0 Å². The van der Waals surface area contributed by atoms with Crippen LogP contribution in [0.15, 0.2) is 40.8 Å². The molecule has 19 heavy (non-hydrogen) atoms. The molecule has 0 aliphatic heterocycles. The van der Waals surface area contributed by atoms with Crippen LogP contribution in [0.1, 0.15) is 36.5 Å². The van der Waals surface area contributed by atoms with Crippen molar-refractivity contribution in [3.05, 3.63) is 53.5 Å². The lowest BCUT2D eigenvalue weighted by Crippen LogP contribution is -2.31. The van der Waals surface area contributed by atoms with Crippen LogP contribution in [-0.4, -0.2) is 6.04 Å². The fourth-order valence-electron chi connectivity index (χ4n) is 2.00. The quantitative estimate of drug-likeness (QED) is 0.889. The zero-order valence-electron chi connectivity index (χ0n) is 11.7. The number of hydrogen-bond acceptors (Lipinski definition) is 3. The van der Waals surface area contributed by atoms with Crippen molar-refractivity contribution in [1.29, 1.82) is 0 Å². The summed E-state index contributed by atoms with van der Waals surface area (Å²) >= 11 is 0. The molecule has 0 amide bonds. The molecule has 2 aromatic rings. The van der Waals surface area contributed by atoms with E-state index in [0.29, 0.717) is 0 Å². The van der Waals surface area contributed by atoms with E-state index in [1.807, 2.05) is 50.2 Å². The Labute approximate surface area is 114 Å². The Morgan fingerprint density at radius 2 is 1.89 bits per heavy atom. The summed E-state index contributed by atoms with van der Waals surface area (Å²) in [4.78, 5) is 0. The molecule has 0 spiro atoms. The van der Waals surface area contributed by atoms with Crippen molar-refractivity contribution in [3.8, 4) is 5.75 Å². The molecule has 3 nitrogen and oxygen atoms in total. The van der Waals surface area contributed by atoms with Crippen LogP contribution in [0, 0.1) is 13.8 Å². The lowest BCUT2D eigenvalue weighted by Gasteiger charge is -2.23. The van der Waals surface area contributed by atoms with E-state index < -0.39 is 0 Å². The first kappa shape index (κ1) is 13.7. The summed E-state index contributed by atoms with van der Waals surface area (Å²) in [5.74, 6) is 2.51. The van der Waals surface area contributed by atoms with E-state index in [0.717, 1.165) is 29.3 Å². The van der Waals surface area contributed by atoms with E-state index in [9.17, 15) is 0 Å². The molecule has 2 unspecified atom stereocenters. The van der Waals surface area contributed by atoms with Gasteiger partial charge in [0, 0.05) is 6.04 Å². The summed E-state index contributed by atoms with van der Waals surface area (Å²) in [5.41, 5.74) is 7.27. The minimum absolute atomic E-state index is 0.0924. The van der Waals surface area contributed by atoms with Crippen LogP contribution in [0.2, 0.25) is 0 Å². The molecule has 2 rings (SSSR count). The minimum Gasteiger partial charge on any atom is -0.481 e. The smallest absolute Gasteiger partial charge is 0.171 e. The topological polar surface area (TPSA) is 48.4 Å². The first-order valence-electron chi connectivity index (χ1n) is 6.66. The lowest BCUT2D eigenvalue weighted by atomic mass is 10.1. The zero-order valence-corrected chi connectivity index (χ0v) is 11.7. The van der Waals surface area contributed by atoms with Crippen LogP contribution >= 0.6 is 0 Å². The Morgan fingerprint density at radius 1 is 1.16 bits per heavy atom. The Morgan fingerprint density at radius 3 is 2.47 bits per heavy atom. The molecule has 102 valence electrons. The second-order valence-electron chi connectivity index (χ2n) is 4.82. The average Bonchev–Trinajstić information content (AvgIpc) is 2.83. The Bertz CT molecular complexity index is 533. The Kier molecular flexibility index (Phi) is 4.27. The SMILES string of the molecule is CCC(N)C(Oc1ccccc1C)c1ccc(C)o1. The van der Waals surface area contributed by atoms with Crippen LogP contribution in [-0.2, 0) is 0 Å². The van der Waals surface area contributed by atoms with Crippen LogP contribution in [0.5, 0.6) is 5.75 Å². The molecule has 1 heterocycles. The second-order valence-corrected chi connectivity index (χ2v) is 4.82. The van der Waals surface area contributed by atoms with Crippen LogP contribution in [0.3, 0.4) is 0 Å². The standard InChI is InChI=1S/C16H21NO2/c1-4-13(17)16(15-10-9-12(3)18-15)19-14-8-6-5-7-11(14)2/h5-10,13,16H,4,17H2,1-3H3. The summed E-state index contributed by atoms with van der Waals surface area (Å²) in [5, 5.41) is 0. The van der Waals surface area contributed by atoms with Gasteiger partial charge in [-0.15, -0.1) is 0 Å². The predicted octanol–water partition coefficient (Wildman–Crippen LogP) is 3.75. The van der Waals surface area contributed by atoms with E-state index in [1.165, 1.54) is 0 Å². The van der Waals surface area contributed by atoms with Crippen molar-refractivity contribution in [3.63, 3.8) is 0 Å². The van der Waals surface area contributed by atoms with E-state index in [4.69, 9.17) is 14.9 Å². The van der Waals surface area contributed by atoms with Gasteiger partial charge in [-0.2, -0.15) is 0 Å². The molecule has 2 N–H and O–H groups in total. The predicted molar refractivity (Wildman–Crippen MR) is 76.3 cm³/mol. The summed E-state index contributed by atoms with van der Waals surface area (Å²) in [6.45, 7) is 6.00. The summed E-state index contributed by atoms with van der Waals surface area (Å²) < 4.78 is 11.8. The molecule has 0 radical (unpaired) electrons. The molecular formula is C16H21NO2. The van der Waals surface area contributed by atoms with Crippen molar-refractivity contribution in [2.75, 3.05) is 0 Å². The van der Waals surface area contributed by atoms with Crippen molar-refractivity contribution < 1.29 is 9.15 Å². The number of benzene rings is 1. The highest BCUT2D eigenvalue weighted by atomic mass is 16.5. The van der Waals surface area contributed by atoms with E-state index in [1.54, 1.807) is 0 Å². The van der Waals surface area contributed by atoms with Crippen molar-refractivity contribution in [2.45, 2.75) is 39.3 Å². The third kappa shape index (κ3) is 3.18. The van der Waals surface area contributed by atoms with Gasteiger partial charge in [-0.05, 0) is 44.0 Å². The first-order valence-corrected chi connectivity index (χ1v) is 6.66. The fraction of sp³-hybridized carbons (Fsp3) is 0.375. The van der Waals surface area contributed by atoms with Gasteiger partial charge in [-0.1, -0.05) is 25.1 Å². The molecular weight excluding hydrogens is 238 g/mol. The molecule has 0 aliphatic carbocycles. The van der Waals surface area contributed by atoms with Gasteiger partial charge in [0.25, 0.3) is 0 Å². The maximum Gasteiger partial charge on any atom is 0.171 e. The van der Waals surface area contributed by atoms with Crippen molar-refractivity contribution in [1.82, 2.24) is 0 Å². The summed E-state index contributed by atoms with van der Waals surface area (Å²) in [6, 6.07) is 11.7. The molecule has 0 saturated heterocycles. The van der Waals surface area contributed by atoms with Crippen molar-refractivity contribution in [2.24, 2.45) is 5.73 Å². The molecule has 0 fully saturated rings. The fourth-order valence-corrected chi connectivity index (χ4v) is 2.00. The molecule has 3 heteroatoms. The number of ether oxygens (including phenoxy) is 1. The Hall–Kier alpha value is -1.74. The average molecular weight is 259 g/mol. The largest absolute Gasteiger partial charge is 0.481 e. The number of aryl methyl sites for hydroxylation is 2. The molecule has 2 atom stereocenters. The zero-order chi connectivity index (χ0) is 13.8. The number of rotatable bonds is 5. The number of nitrogens with two attached hydrogens (primary N) is 1. The first-order chi connectivity index (χ1) is 9.11.